The average Bonchev–Trinajstić information content (AvgIpc) is 2.28. The Bertz CT molecular complexity index is 396. The van der Waals surface area contributed by atoms with Crippen LogP contribution >= 0.6 is 7.82 Å². The van der Waals surface area contributed by atoms with E-state index in [0.717, 1.165) is 6.92 Å². The highest BCUT2D eigenvalue weighted by atomic mass is 31.2. The van der Waals surface area contributed by atoms with Gasteiger partial charge in [-0.2, -0.15) is 0 Å². The van der Waals surface area contributed by atoms with Gasteiger partial charge in [0.25, 0.3) is 5.79 Å². The maximum atomic E-state index is 11.6. The van der Waals surface area contributed by atoms with Crippen LogP contribution in [-0.4, -0.2) is 67.6 Å². The Hall–Kier alpha value is -0.420. The molecule has 1 rings (SSSR count). The molecule has 0 aromatic rings. The van der Waals surface area contributed by atoms with Gasteiger partial charge in [-0.15, -0.1) is 0 Å². The molecule has 19 heavy (non-hydrogen) atoms. The largest absolute Gasteiger partial charge is 0.472 e. The van der Waals surface area contributed by atoms with Crippen molar-refractivity contribution in [2.75, 3.05) is 6.61 Å². The zero-order valence-electron chi connectivity index (χ0n) is 9.91. The molecule has 0 saturated carbocycles. The van der Waals surface area contributed by atoms with E-state index in [2.05, 4.69) is 4.52 Å². The van der Waals surface area contributed by atoms with Crippen molar-refractivity contribution in [3.63, 3.8) is 0 Å². The fraction of sp³-hybridized carbons (Fsp3) is 0.875. The summed E-state index contributed by atoms with van der Waals surface area (Å²) in [6.45, 7) is 0.0683. The lowest BCUT2D eigenvalue weighted by molar-refractivity contribution is -0.289. The van der Waals surface area contributed by atoms with Gasteiger partial charge in [-0.05, 0) is 0 Å². The summed E-state index contributed by atoms with van der Waals surface area (Å²) in [7, 11) is -5.17. The number of phosphoric ester groups is 1. The zero-order chi connectivity index (χ0) is 15.0. The lowest BCUT2D eigenvalue weighted by Gasteiger charge is -2.46. The Morgan fingerprint density at radius 1 is 1.42 bits per heavy atom. The number of aliphatic hydroxyl groups is 3. The van der Waals surface area contributed by atoms with E-state index in [1.165, 1.54) is 0 Å². The molecule has 1 aliphatic heterocycles. The summed E-state index contributed by atoms with van der Waals surface area (Å²) in [5.41, 5.74) is 5.47. The van der Waals surface area contributed by atoms with Crippen molar-refractivity contribution >= 4 is 13.6 Å². The summed E-state index contributed by atoms with van der Waals surface area (Å²) in [4.78, 5) is 29.2. The first kappa shape index (κ1) is 16.6. The minimum absolute atomic E-state index is 0.815. The molecule has 5 atom stereocenters. The molecule has 112 valence electrons. The van der Waals surface area contributed by atoms with Gasteiger partial charge in [0.1, 0.15) is 18.3 Å². The van der Waals surface area contributed by atoms with Crippen molar-refractivity contribution in [2.45, 2.75) is 37.1 Å². The van der Waals surface area contributed by atoms with Gasteiger partial charge >= 0.3 is 7.82 Å². The molecular formula is C8H16NO9P. The van der Waals surface area contributed by atoms with Gasteiger partial charge in [-0.3, -0.25) is 4.79 Å². The molecule has 0 amide bonds. The summed E-state index contributed by atoms with van der Waals surface area (Å²) in [5, 5.41) is 28.2. The van der Waals surface area contributed by atoms with Gasteiger partial charge in [-0.1, -0.05) is 0 Å². The number of hydrogen-bond donors (Lipinski definition) is 6. The molecule has 11 heteroatoms. The van der Waals surface area contributed by atoms with Crippen molar-refractivity contribution in [2.24, 2.45) is 5.73 Å². The van der Waals surface area contributed by atoms with E-state index in [0.29, 0.717) is 0 Å². The number of rotatable bonds is 4. The van der Waals surface area contributed by atoms with Crippen LogP contribution in [0.4, 0.5) is 0 Å². The molecule has 0 aliphatic carbocycles. The number of ketones is 1. The lowest BCUT2D eigenvalue weighted by atomic mass is 9.89. The third-order valence-electron chi connectivity index (χ3n) is 2.79. The average molecular weight is 301 g/mol. The number of nitrogens with two attached hydrogens (primary N) is 1. The van der Waals surface area contributed by atoms with E-state index in [1.54, 1.807) is 0 Å². The molecule has 1 aliphatic rings. The highest BCUT2D eigenvalue weighted by Crippen LogP contribution is 2.45. The van der Waals surface area contributed by atoms with Crippen LogP contribution in [0.1, 0.15) is 6.92 Å². The van der Waals surface area contributed by atoms with Gasteiger partial charge in [-0.25, -0.2) is 9.09 Å². The molecule has 1 fully saturated rings. The second-order valence-corrected chi connectivity index (χ2v) is 5.32. The van der Waals surface area contributed by atoms with Crippen molar-refractivity contribution in [3.8, 4) is 0 Å². The number of aliphatic hydroxyl groups excluding tert-OH is 3. The number of carbonyl (C=O) groups excluding carboxylic acids is 1. The Balaban J connectivity index is 3.21. The molecular weight excluding hydrogens is 285 g/mol. The summed E-state index contributed by atoms with van der Waals surface area (Å²) >= 11 is 0. The third-order valence-corrected chi connectivity index (χ3v) is 3.30. The summed E-state index contributed by atoms with van der Waals surface area (Å²) < 4.78 is 20.1. The first-order chi connectivity index (χ1) is 8.55. The maximum absolute atomic E-state index is 11.6. The molecule has 1 saturated heterocycles. The number of carbonyl (C=O) groups is 1. The molecule has 0 aromatic carbocycles. The van der Waals surface area contributed by atoms with Crippen LogP contribution in [0.5, 0.6) is 0 Å². The van der Waals surface area contributed by atoms with Crippen molar-refractivity contribution in [1.82, 2.24) is 0 Å². The van der Waals surface area contributed by atoms with Crippen LogP contribution in [0.15, 0.2) is 0 Å². The quantitative estimate of drug-likeness (QED) is 0.290. The number of ether oxygens (including phenoxy) is 1. The molecule has 0 aromatic heterocycles. The van der Waals surface area contributed by atoms with Gasteiger partial charge < -0.3 is 35.6 Å². The van der Waals surface area contributed by atoms with Gasteiger partial charge in [0.05, 0.1) is 12.6 Å². The molecule has 7 N–H and O–H groups in total. The van der Waals surface area contributed by atoms with E-state index in [9.17, 15) is 19.6 Å². The minimum Gasteiger partial charge on any atom is -0.394 e. The first-order valence-electron chi connectivity index (χ1n) is 5.23. The van der Waals surface area contributed by atoms with Gasteiger partial charge in [0, 0.05) is 6.92 Å². The molecule has 0 spiro atoms. The summed E-state index contributed by atoms with van der Waals surface area (Å²) in [5.74, 6) is -3.67. The topological polar surface area (TPSA) is 180 Å². The van der Waals surface area contributed by atoms with Gasteiger partial charge in [0.2, 0.25) is 0 Å². The molecule has 1 heterocycles. The lowest BCUT2D eigenvalue weighted by Crippen LogP contribution is -2.71. The van der Waals surface area contributed by atoms with Crippen LogP contribution < -0.4 is 5.73 Å². The maximum Gasteiger partial charge on any atom is 0.472 e. The Morgan fingerprint density at radius 3 is 2.32 bits per heavy atom. The van der Waals surface area contributed by atoms with Crippen LogP contribution in [0.25, 0.3) is 0 Å². The Labute approximate surface area is 108 Å². The van der Waals surface area contributed by atoms with Crippen LogP contribution in [0.3, 0.4) is 0 Å². The molecule has 0 radical (unpaired) electrons. The van der Waals surface area contributed by atoms with E-state index < -0.39 is 50.4 Å². The number of phosphoric acid groups is 1. The molecule has 10 nitrogen and oxygen atoms in total. The van der Waals surface area contributed by atoms with E-state index in [-0.39, 0.29) is 0 Å². The van der Waals surface area contributed by atoms with E-state index >= 15 is 0 Å². The zero-order valence-corrected chi connectivity index (χ0v) is 10.8. The standard InChI is InChI=1S/C8H16NO9P/c1-3(11)8(18-19(14,15)16)7(9)6(13)5(12)4(2-10)17-8/h4-7,10,12-13H,2,9H2,1H3,(H2,14,15,16)/t4-,5-,6+,7-,8?/m1/s1. The fourth-order valence-electron chi connectivity index (χ4n) is 1.82. The van der Waals surface area contributed by atoms with Crippen LogP contribution in [-0.2, 0) is 18.6 Å². The fourth-order valence-corrected chi connectivity index (χ4v) is 2.46. The van der Waals surface area contributed by atoms with Crippen molar-refractivity contribution < 1.29 is 43.7 Å². The summed E-state index contributed by atoms with van der Waals surface area (Å²) in [6, 6.07) is -1.74. The van der Waals surface area contributed by atoms with Crippen LogP contribution in [0.2, 0.25) is 0 Å². The molecule has 0 bridgehead atoms. The Morgan fingerprint density at radius 2 is 1.95 bits per heavy atom. The smallest absolute Gasteiger partial charge is 0.394 e. The highest BCUT2D eigenvalue weighted by molar-refractivity contribution is 7.46. The Kier molecular flexibility index (Phi) is 4.84. The van der Waals surface area contributed by atoms with Crippen molar-refractivity contribution in [1.29, 1.82) is 0 Å². The third kappa shape index (κ3) is 3.19. The second kappa shape index (κ2) is 5.52. The van der Waals surface area contributed by atoms with E-state index in [1.807, 2.05) is 0 Å². The monoisotopic (exact) mass is 301 g/mol. The second-order valence-electron chi connectivity index (χ2n) is 4.15. The first-order valence-corrected chi connectivity index (χ1v) is 6.76. The summed E-state index contributed by atoms with van der Waals surface area (Å²) in [6.07, 6.45) is -4.89. The number of hydrogen-bond acceptors (Lipinski definition) is 8. The van der Waals surface area contributed by atoms with Crippen LogP contribution in [0, 0.1) is 0 Å². The predicted octanol–water partition coefficient (Wildman–Crippen LogP) is -3.18. The predicted molar refractivity (Wildman–Crippen MR) is 58.5 cm³/mol. The normalized spacial score (nSPS) is 40.2. The van der Waals surface area contributed by atoms with Gasteiger partial charge in [0.15, 0.2) is 5.78 Å². The number of Topliss-reactive ketones (excluding diaryl/α,β-unsaturated/α-hetero) is 1. The highest BCUT2D eigenvalue weighted by Gasteiger charge is 2.59. The minimum atomic E-state index is -5.17. The SMILES string of the molecule is CC(=O)C1(OP(=O)(O)O)O[C@H](CO)[C@@H](O)[C@H](O)[C@H]1N. The van der Waals surface area contributed by atoms with Crippen molar-refractivity contribution in [3.05, 3.63) is 0 Å². The van der Waals surface area contributed by atoms with E-state index in [4.69, 9.17) is 25.4 Å². The molecule has 1 unspecified atom stereocenters.